The van der Waals surface area contributed by atoms with Gasteiger partial charge in [0.2, 0.25) is 5.82 Å². The third kappa shape index (κ3) is 3.50. The van der Waals surface area contributed by atoms with Gasteiger partial charge in [0.05, 0.1) is 32.8 Å². The molecule has 0 aliphatic rings. The van der Waals surface area contributed by atoms with Crippen molar-refractivity contribution in [3.63, 3.8) is 0 Å². The molecule has 0 fully saturated rings. The molecule has 0 heterocycles. The Hall–Kier alpha value is -0.00130. The molecule has 0 aliphatic heterocycles. The summed E-state index contributed by atoms with van der Waals surface area (Å²) < 4.78 is 19.6. The molecule has 2 nitrogen and oxygen atoms in total. The molecule has 16 heavy (non-hydrogen) atoms. The summed E-state index contributed by atoms with van der Waals surface area (Å²) in [6, 6.07) is 3.34. The summed E-state index contributed by atoms with van der Waals surface area (Å²) in [4.78, 5) is 0. The first-order valence-corrected chi connectivity index (χ1v) is 5.18. The molecule has 1 rings (SSSR count). The Morgan fingerprint density at radius 3 is 2.31 bits per heavy atom. The van der Waals surface area contributed by atoms with E-state index in [-0.39, 0.29) is 35.5 Å². The van der Waals surface area contributed by atoms with Crippen LogP contribution in [0.2, 0.25) is 5.02 Å². The van der Waals surface area contributed by atoms with Crippen LogP contribution in [-0.4, -0.2) is 51.7 Å². The monoisotopic (exact) mass is 356 g/mol. The first-order chi connectivity index (χ1) is 6.88. The summed E-state index contributed by atoms with van der Waals surface area (Å²) in [5.74, 6) is -0.235. The van der Waals surface area contributed by atoms with E-state index < -0.39 is 0 Å². The summed E-state index contributed by atoms with van der Waals surface area (Å²) in [6.07, 6.45) is 0. The summed E-state index contributed by atoms with van der Waals surface area (Å²) in [7, 11) is 5.67. The maximum absolute atomic E-state index is 14.0. The first kappa shape index (κ1) is 16.0. The fourth-order valence-corrected chi connectivity index (χ4v) is 1.52. The molecular formula is C11H20ClFNOSn+. The number of hydrogen-bond donors (Lipinski definition) is 0. The van der Waals surface area contributed by atoms with E-state index in [0.29, 0.717) is 21.8 Å². The van der Waals surface area contributed by atoms with E-state index in [4.69, 9.17) is 16.3 Å². The Labute approximate surface area is 118 Å². The molecular weight excluding hydrogens is 335 g/mol. The maximum atomic E-state index is 14.0. The van der Waals surface area contributed by atoms with Crippen molar-refractivity contribution in [1.82, 2.24) is 4.48 Å². The average Bonchev–Trinajstić information content (AvgIpc) is 2.09. The predicted octanol–water partition coefficient (Wildman–Crippen LogP) is 1.62. The van der Waals surface area contributed by atoms with Gasteiger partial charge < -0.3 is 4.74 Å². The van der Waals surface area contributed by atoms with E-state index in [1.165, 1.54) is 0 Å². The van der Waals surface area contributed by atoms with Crippen molar-refractivity contribution in [2.75, 3.05) is 27.7 Å². The Morgan fingerprint density at radius 2 is 1.88 bits per heavy atom. The van der Waals surface area contributed by atoms with Crippen LogP contribution >= 0.6 is 11.6 Å². The summed E-state index contributed by atoms with van der Waals surface area (Å²) in [5, 5.41) is 0.312. The zero-order valence-corrected chi connectivity index (χ0v) is 10.2. The van der Waals surface area contributed by atoms with Crippen molar-refractivity contribution in [3.05, 3.63) is 23.0 Å². The number of hydrogen-bond acceptors (Lipinski definition) is 1. The quantitative estimate of drug-likeness (QED) is 0.592. The van der Waals surface area contributed by atoms with Crippen molar-refractivity contribution in [1.29, 1.82) is 0 Å². The molecule has 1 aromatic rings. The third-order valence-corrected chi connectivity index (χ3v) is 2.34. The van der Waals surface area contributed by atoms with Crippen LogP contribution in [-0.2, 0) is 0 Å². The van der Waals surface area contributed by atoms with E-state index >= 15 is 0 Å². The zero-order valence-electron chi connectivity index (χ0n) is 9.47. The van der Waals surface area contributed by atoms with Gasteiger partial charge >= 0.3 is 23.9 Å². The second-order valence-electron chi connectivity index (χ2n) is 4.16. The second kappa shape index (κ2) is 6.07. The molecule has 0 atom stereocenters. The fourth-order valence-electron chi connectivity index (χ4n) is 1.32. The number of nitrogens with zero attached hydrogens (tertiary/aromatic N) is 1. The molecule has 0 aromatic heterocycles. The molecule has 0 saturated heterocycles. The molecule has 0 amide bonds. The topological polar surface area (TPSA) is 9.23 Å². The molecule has 92 valence electrons. The van der Waals surface area contributed by atoms with Gasteiger partial charge in [0.1, 0.15) is 0 Å². The zero-order chi connectivity index (χ0) is 11.6. The molecule has 5 heteroatoms. The van der Waals surface area contributed by atoms with Crippen LogP contribution in [0.3, 0.4) is 0 Å². The van der Waals surface area contributed by atoms with Gasteiger partial charge in [0.15, 0.2) is 11.4 Å². The predicted molar refractivity (Wildman–Crippen MR) is 73.5 cm³/mol. The first-order valence-electron chi connectivity index (χ1n) is 4.80. The molecule has 0 spiro atoms. The molecule has 0 N–H and O–H groups in total. The van der Waals surface area contributed by atoms with Crippen molar-refractivity contribution in [2.45, 2.75) is 6.92 Å². The number of quaternary nitrogens is 1. The number of benzene rings is 1. The number of ether oxygens (including phenoxy) is 1. The standard InChI is InChI=1S/C11H16ClFNO.Sn.4H/c1-5-15-11-8(12)6-7-9(10(11)13)14(2,3)4;;;;;/h6-7H,5H2,1-4H3;;;;;/q+1;;;;;. The number of rotatable bonds is 3. The molecule has 0 aliphatic carbocycles. The Morgan fingerprint density at radius 1 is 1.31 bits per heavy atom. The molecule has 0 radical (unpaired) electrons. The summed E-state index contributed by atoms with van der Waals surface area (Å²) in [5.41, 5.74) is 0.558. The summed E-state index contributed by atoms with van der Waals surface area (Å²) in [6.45, 7) is 2.20. The van der Waals surface area contributed by atoms with Crippen LogP contribution in [0.4, 0.5) is 10.1 Å². The van der Waals surface area contributed by atoms with Crippen LogP contribution in [0.15, 0.2) is 12.1 Å². The van der Waals surface area contributed by atoms with Gasteiger partial charge in [-0.1, -0.05) is 11.6 Å². The van der Waals surface area contributed by atoms with E-state index in [2.05, 4.69) is 0 Å². The number of halogens is 2. The second-order valence-corrected chi connectivity index (χ2v) is 4.56. The van der Waals surface area contributed by atoms with Crippen molar-refractivity contribution in [3.8, 4) is 5.75 Å². The minimum absolute atomic E-state index is 0. The molecule has 1 aromatic carbocycles. The van der Waals surface area contributed by atoms with Gasteiger partial charge in [-0.3, -0.25) is 4.48 Å². The van der Waals surface area contributed by atoms with E-state index in [1.54, 1.807) is 19.1 Å². The Balaban J connectivity index is 0.00000225. The van der Waals surface area contributed by atoms with E-state index in [9.17, 15) is 4.39 Å². The van der Waals surface area contributed by atoms with Crippen molar-refractivity contribution in [2.24, 2.45) is 0 Å². The Bertz CT molecular complexity index is 366. The SMILES string of the molecule is CCOc1c(Cl)ccc([N+](C)(C)C)c1F.[SnH4]. The molecule has 0 bridgehead atoms. The van der Waals surface area contributed by atoms with Crippen LogP contribution in [0, 0.1) is 5.82 Å². The van der Waals surface area contributed by atoms with Crippen LogP contribution in [0.25, 0.3) is 0 Å². The van der Waals surface area contributed by atoms with Crippen LogP contribution in [0.5, 0.6) is 5.75 Å². The van der Waals surface area contributed by atoms with Crippen molar-refractivity contribution >= 4 is 41.2 Å². The van der Waals surface area contributed by atoms with Crippen molar-refractivity contribution < 1.29 is 9.13 Å². The van der Waals surface area contributed by atoms with E-state index in [0.717, 1.165) is 0 Å². The summed E-state index contributed by atoms with van der Waals surface area (Å²) >= 11 is 5.86. The van der Waals surface area contributed by atoms with Gasteiger partial charge in [-0.25, -0.2) is 0 Å². The normalized spacial score (nSPS) is 10.9. The molecule has 0 saturated carbocycles. The minimum atomic E-state index is -0.378. The van der Waals surface area contributed by atoms with Crippen LogP contribution in [0.1, 0.15) is 6.92 Å². The average molecular weight is 355 g/mol. The van der Waals surface area contributed by atoms with Gasteiger partial charge in [-0.05, 0) is 13.0 Å². The molecule has 0 unspecified atom stereocenters. The van der Waals surface area contributed by atoms with Gasteiger partial charge in [-0.15, -0.1) is 0 Å². The van der Waals surface area contributed by atoms with Gasteiger partial charge in [-0.2, -0.15) is 4.39 Å². The Kier molecular flexibility index (Phi) is 6.07. The third-order valence-electron chi connectivity index (χ3n) is 2.04. The van der Waals surface area contributed by atoms with Gasteiger partial charge in [0.25, 0.3) is 0 Å². The van der Waals surface area contributed by atoms with E-state index in [1.807, 2.05) is 21.1 Å². The van der Waals surface area contributed by atoms with Gasteiger partial charge in [0, 0.05) is 6.07 Å². The van der Waals surface area contributed by atoms with Crippen LogP contribution < -0.4 is 9.22 Å². The fraction of sp³-hybridized carbons (Fsp3) is 0.455.